The van der Waals surface area contributed by atoms with Crippen LogP contribution in [0.1, 0.15) is 61.0 Å². The van der Waals surface area contributed by atoms with Crippen LogP contribution in [0.4, 0.5) is 4.79 Å². The molecule has 0 spiro atoms. The van der Waals surface area contributed by atoms with E-state index in [1.54, 1.807) is 24.1 Å². The van der Waals surface area contributed by atoms with Crippen molar-refractivity contribution in [3.8, 4) is 0 Å². The summed E-state index contributed by atoms with van der Waals surface area (Å²) in [6.07, 6.45) is -0.449. The highest BCUT2D eigenvalue weighted by Crippen LogP contribution is 2.44. The Hall–Kier alpha value is -1.24. The summed E-state index contributed by atoms with van der Waals surface area (Å²) in [4.78, 5) is 14.4. The molecule has 7 heteroatoms. The summed E-state index contributed by atoms with van der Waals surface area (Å²) in [7, 11) is 1.02. The van der Waals surface area contributed by atoms with E-state index in [9.17, 15) is 4.79 Å². The number of benzene rings is 1. The minimum absolute atomic E-state index is 0.449. The summed E-state index contributed by atoms with van der Waals surface area (Å²) in [5.74, 6) is 0. The van der Waals surface area contributed by atoms with Gasteiger partial charge in [0.25, 0.3) is 0 Å². The van der Waals surface area contributed by atoms with Gasteiger partial charge in [-0.25, -0.2) is 4.79 Å². The minimum Gasteiger partial charge on any atom is -0.444 e. The third-order valence-corrected chi connectivity index (χ3v) is 5.76. The van der Waals surface area contributed by atoms with Crippen LogP contribution in [0.2, 0.25) is 5.02 Å². The van der Waals surface area contributed by atoms with Gasteiger partial charge in [-0.15, -0.1) is 0 Å². The first-order valence-electron chi connectivity index (χ1n) is 9.19. The first kappa shape index (κ1) is 22.1. The van der Waals surface area contributed by atoms with Crippen LogP contribution in [0.15, 0.2) is 24.3 Å². The minimum atomic E-state index is -0.919. The smallest absolute Gasteiger partial charge is 0.444 e. The van der Waals surface area contributed by atoms with Crippen molar-refractivity contribution >= 4 is 24.8 Å². The molecular weight excluding hydrogens is 364 g/mol. The van der Waals surface area contributed by atoms with E-state index in [4.69, 9.17) is 25.6 Å². The lowest BCUT2D eigenvalue weighted by Gasteiger charge is -2.41. The molecule has 0 bridgehead atoms. The third kappa shape index (κ3) is 4.28. The Morgan fingerprint density at radius 3 is 1.89 bits per heavy atom. The molecule has 0 unspecified atom stereocenters. The Kier molecular flexibility index (Phi) is 5.70. The Bertz CT molecular complexity index is 683. The third-order valence-electron chi connectivity index (χ3n) is 5.50. The van der Waals surface area contributed by atoms with Crippen molar-refractivity contribution in [2.45, 2.75) is 77.6 Å². The molecule has 27 heavy (non-hydrogen) atoms. The zero-order valence-electron chi connectivity index (χ0n) is 17.8. The second-order valence-electron chi connectivity index (χ2n) is 9.28. The number of halogens is 1. The van der Waals surface area contributed by atoms with Gasteiger partial charge in [0.2, 0.25) is 0 Å². The number of carbonyl (C=O) groups excluding carboxylic acids is 1. The zero-order chi connectivity index (χ0) is 20.8. The quantitative estimate of drug-likeness (QED) is 0.672. The maximum atomic E-state index is 12.9. The van der Waals surface area contributed by atoms with Crippen LogP contribution in [-0.2, 0) is 19.5 Å². The van der Waals surface area contributed by atoms with E-state index >= 15 is 0 Å². The lowest BCUT2D eigenvalue weighted by molar-refractivity contribution is 0.00578. The highest BCUT2D eigenvalue weighted by Gasteiger charge is 2.61. The molecule has 1 heterocycles. The van der Waals surface area contributed by atoms with Crippen LogP contribution in [-0.4, -0.2) is 42.0 Å². The molecule has 0 N–H and O–H groups in total. The van der Waals surface area contributed by atoms with Crippen LogP contribution >= 0.6 is 11.6 Å². The Labute approximate surface area is 168 Å². The summed E-state index contributed by atoms with van der Waals surface area (Å²) in [5.41, 5.74) is -1.74. The SMILES string of the molecule is CN(C(=O)OC(C)(C)C)[C@@](C)(B1OC(C)(C)C(C)(C)O1)c1ccc(Cl)cc1. The lowest BCUT2D eigenvalue weighted by Crippen LogP contribution is -2.57. The molecule has 1 aromatic rings. The molecule has 1 atom stereocenters. The second-order valence-corrected chi connectivity index (χ2v) is 9.72. The van der Waals surface area contributed by atoms with E-state index in [1.807, 2.05) is 67.5 Å². The van der Waals surface area contributed by atoms with E-state index in [0.29, 0.717) is 5.02 Å². The maximum Gasteiger partial charge on any atom is 0.490 e. The highest BCUT2D eigenvalue weighted by atomic mass is 35.5. The normalized spacial score (nSPS) is 20.9. The van der Waals surface area contributed by atoms with E-state index in [-0.39, 0.29) is 0 Å². The molecule has 1 aliphatic heterocycles. The van der Waals surface area contributed by atoms with Gasteiger partial charge < -0.3 is 18.9 Å². The van der Waals surface area contributed by atoms with Crippen LogP contribution < -0.4 is 0 Å². The van der Waals surface area contributed by atoms with Gasteiger partial charge in [-0.1, -0.05) is 23.7 Å². The average Bonchev–Trinajstić information content (AvgIpc) is 2.73. The van der Waals surface area contributed by atoms with Crippen LogP contribution in [0.5, 0.6) is 0 Å². The van der Waals surface area contributed by atoms with Crippen LogP contribution in [0.25, 0.3) is 0 Å². The van der Waals surface area contributed by atoms with Crippen LogP contribution in [0, 0.1) is 0 Å². The molecule has 0 aliphatic carbocycles. The largest absolute Gasteiger partial charge is 0.490 e. The Morgan fingerprint density at radius 1 is 1.04 bits per heavy atom. The number of hydrogen-bond acceptors (Lipinski definition) is 4. The van der Waals surface area contributed by atoms with Gasteiger partial charge in [0, 0.05) is 12.1 Å². The molecule has 150 valence electrons. The van der Waals surface area contributed by atoms with Gasteiger partial charge in [-0.3, -0.25) is 0 Å². The molecule has 0 aromatic heterocycles. The second kappa shape index (κ2) is 6.98. The van der Waals surface area contributed by atoms with Crippen molar-refractivity contribution in [1.82, 2.24) is 4.90 Å². The lowest BCUT2D eigenvalue weighted by atomic mass is 9.60. The number of hydrogen-bond donors (Lipinski definition) is 0. The fraction of sp³-hybridized carbons (Fsp3) is 0.650. The van der Waals surface area contributed by atoms with Gasteiger partial charge in [-0.05, 0) is 73.1 Å². The summed E-state index contributed by atoms with van der Waals surface area (Å²) in [5, 5.41) is 0.620. The molecule has 5 nitrogen and oxygen atoms in total. The summed E-state index contributed by atoms with van der Waals surface area (Å²) in [6.45, 7) is 15.4. The fourth-order valence-electron chi connectivity index (χ4n) is 2.87. The van der Waals surface area contributed by atoms with Gasteiger partial charge in [0.1, 0.15) is 11.0 Å². The standard InChI is InChI=1S/C20H31BClNO4/c1-17(2,3)25-16(24)23(9)20(8,14-10-12-15(22)13-11-14)21-26-18(4,5)19(6,7)27-21/h10-13H,1-9H3/t20-/m1/s1. The Balaban J connectivity index is 2.50. The molecule has 2 rings (SSSR count). The summed E-state index contributed by atoms with van der Waals surface area (Å²) in [6, 6.07) is 7.36. The first-order chi connectivity index (χ1) is 12.1. The van der Waals surface area contributed by atoms with Gasteiger partial charge in [0.05, 0.1) is 11.2 Å². The van der Waals surface area contributed by atoms with E-state index < -0.39 is 35.5 Å². The van der Waals surface area contributed by atoms with Gasteiger partial charge in [0.15, 0.2) is 0 Å². The molecule has 1 saturated heterocycles. The topological polar surface area (TPSA) is 48.0 Å². The number of amides is 1. The number of rotatable bonds is 3. The van der Waals surface area contributed by atoms with Crippen molar-refractivity contribution in [3.63, 3.8) is 0 Å². The first-order valence-corrected chi connectivity index (χ1v) is 9.56. The fourth-order valence-corrected chi connectivity index (χ4v) is 2.99. The molecule has 0 radical (unpaired) electrons. The van der Waals surface area contributed by atoms with Crippen molar-refractivity contribution < 1.29 is 18.8 Å². The maximum absolute atomic E-state index is 12.9. The molecule has 1 aromatic carbocycles. The molecule has 1 fully saturated rings. The van der Waals surface area contributed by atoms with Crippen molar-refractivity contribution in [2.75, 3.05) is 7.05 Å². The predicted octanol–water partition coefficient (Wildman–Crippen LogP) is 5.05. The van der Waals surface area contributed by atoms with Crippen LogP contribution in [0.3, 0.4) is 0 Å². The average molecular weight is 396 g/mol. The number of nitrogens with zero attached hydrogens (tertiary/aromatic N) is 1. The monoisotopic (exact) mass is 395 g/mol. The summed E-state index contributed by atoms with van der Waals surface area (Å²) >= 11 is 6.07. The highest BCUT2D eigenvalue weighted by molar-refractivity contribution is 6.49. The van der Waals surface area contributed by atoms with E-state index in [2.05, 4.69) is 0 Å². The molecule has 1 aliphatic rings. The van der Waals surface area contributed by atoms with Crippen molar-refractivity contribution in [2.24, 2.45) is 0 Å². The molecule has 0 saturated carbocycles. The van der Waals surface area contributed by atoms with E-state index in [0.717, 1.165) is 5.56 Å². The van der Waals surface area contributed by atoms with Gasteiger partial charge >= 0.3 is 13.2 Å². The van der Waals surface area contributed by atoms with Crippen molar-refractivity contribution in [3.05, 3.63) is 34.9 Å². The Morgan fingerprint density at radius 2 is 1.48 bits per heavy atom. The van der Waals surface area contributed by atoms with Crippen molar-refractivity contribution in [1.29, 1.82) is 0 Å². The van der Waals surface area contributed by atoms with Gasteiger partial charge in [-0.2, -0.15) is 0 Å². The summed E-state index contributed by atoms with van der Waals surface area (Å²) < 4.78 is 18.2. The zero-order valence-corrected chi connectivity index (χ0v) is 18.6. The van der Waals surface area contributed by atoms with E-state index in [1.165, 1.54) is 0 Å². The molecular formula is C20H31BClNO4. The number of carbonyl (C=O) groups is 1. The number of ether oxygens (including phenoxy) is 1. The predicted molar refractivity (Wildman–Crippen MR) is 109 cm³/mol. The molecule has 1 amide bonds.